The highest BCUT2D eigenvalue weighted by Crippen LogP contribution is 2.49. The van der Waals surface area contributed by atoms with E-state index in [0.29, 0.717) is 12.5 Å². The number of aromatic hydroxyl groups is 2. The van der Waals surface area contributed by atoms with Crippen molar-refractivity contribution in [2.45, 2.75) is 131 Å². The van der Waals surface area contributed by atoms with Gasteiger partial charge in [-0.25, -0.2) is 0 Å². The third-order valence-electron chi connectivity index (χ3n) is 15.8. The number of thiophene rings is 2. The largest absolute Gasteiger partial charge is 0.504 e. The Bertz CT molecular complexity index is 3390. The number of fused-ring (bicyclic) bond motifs is 6. The van der Waals surface area contributed by atoms with Crippen LogP contribution in [0.3, 0.4) is 0 Å². The summed E-state index contributed by atoms with van der Waals surface area (Å²) in [5.74, 6) is 1.98. The molecule has 0 aliphatic carbocycles. The number of benzene rings is 6. The Hall–Kier alpha value is -6.26. The summed E-state index contributed by atoms with van der Waals surface area (Å²) in [6.45, 7) is 31.6. The van der Waals surface area contributed by atoms with Gasteiger partial charge in [0.05, 0.1) is 55.7 Å². The van der Waals surface area contributed by atoms with Crippen LogP contribution < -0.4 is 9.47 Å². The summed E-state index contributed by atoms with van der Waals surface area (Å²) in [6, 6.07) is 45.3. The molecule has 6 nitrogen and oxygen atoms in total. The smallest absolute Gasteiger partial charge is 0.158 e. The van der Waals surface area contributed by atoms with Crippen LogP contribution in [0.15, 0.2) is 132 Å². The number of aromatic nitrogens is 2. The highest BCUT2D eigenvalue weighted by atomic mass is 32.1. The molecule has 0 saturated carbocycles. The van der Waals surface area contributed by atoms with Crippen LogP contribution in [0.4, 0.5) is 0 Å². The average molecular weight is 1050 g/mol. The third-order valence-corrected chi connectivity index (χ3v) is 22.3. The zero-order valence-corrected chi connectivity index (χ0v) is 49.1. The lowest BCUT2D eigenvalue weighted by molar-refractivity contribution is 0.342. The zero-order valence-electron chi connectivity index (χ0n) is 46.5. The molecule has 6 aromatic carbocycles. The fourth-order valence-electron chi connectivity index (χ4n) is 10.5. The van der Waals surface area contributed by atoms with Crippen LogP contribution >= 0.6 is 22.7 Å². The van der Waals surface area contributed by atoms with Gasteiger partial charge in [-0.05, 0) is 117 Å². The van der Waals surface area contributed by atoms with Gasteiger partial charge in [0.2, 0.25) is 0 Å². The van der Waals surface area contributed by atoms with Gasteiger partial charge in [0.1, 0.15) is 19.6 Å². The van der Waals surface area contributed by atoms with E-state index in [9.17, 15) is 10.2 Å². The summed E-state index contributed by atoms with van der Waals surface area (Å²) in [5.41, 5.74) is 12.6. The minimum atomic E-state index is -2.23. The molecule has 10 rings (SSSR count). The van der Waals surface area contributed by atoms with Crippen LogP contribution in [0.1, 0.15) is 119 Å². The number of ether oxygens (including phenoxy) is 2. The Kier molecular flexibility index (Phi) is 13.3. The SMILES string of the molecule is CC[Si](CC)(COc1ccccc1-c1scc(-n2c3ccc(C(C)(C)C)cc3c3cc(C(C)(C)C)ccc32)c1O)COc1ccccc1-c1scc(-n2c3ccc(C(C)(C)C)cc3c3cc(C(C)(C)C)ccc32)c1O. The lowest BCUT2D eigenvalue weighted by Crippen LogP contribution is -2.46. The predicted molar refractivity (Wildman–Crippen MR) is 324 cm³/mol. The molecule has 4 heterocycles. The van der Waals surface area contributed by atoms with Gasteiger partial charge in [0, 0.05) is 43.4 Å². The normalized spacial score (nSPS) is 13.0. The molecule has 388 valence electrons. The van der Waals surface area contributed by atoms with Crippen molar-refractivity contribution >= 4 is 74.4 Å². The minimum absolute atomic E-state index is 0.0119. The molecular weight excluding hydrogens is 977 g/mol. The fraction of sp³-hybridized carbons (Fsp3) is 0.333. The summed E-state index contributed by atoms with van der Waals surface area (Å²) < 4.78 is 18.3. The van der Waals surface area contributed by atoms with E-state index < -0.39 is 8.07 Å². The van der Waals surface area contributed by atoms with Crippen LogP contribution in [0, 0.1) is 0 Å². The second-order valence-electron chi connectivity index (χ2n) is 25.0. The number of nitrogens with zero attached hydrogens (tertiary/aromatic N) is 2. The monoisotopic (exact) mass is 1050 g/mol. The van der Waals surface area contributed by atoms with Crippen LogP contribution in [-0.2, 0) is 21.7 Å². The Balaban J connectivity index is 0.941. The van der Waals surface area contributed by atoms with Gasteiger partial charge in [-0.3, -0.25) is 0 Å². The van der Waals surface area contributed by atoms with E-state index in [1.54, 1.807) is 22.7 Å². The van der Waals surface area contributed by atoms with E-state index >= 15 is 0 Å². The maximum Gasteiger partial charge on any atom is 0.158 e. The number of para-hydroxylation sites is 2. The molecule has 9 heteroatoms. The third kappa shape index (κ3) is 9.48. The first-order valence-corrected chi connectivity index (χ1v) is 31.3. The van der Waals surface area contributed by atoms with Crippen LogP contribution in [0.25, 0.3) is 75.9 Å². The molecule has 0 saturated heterocycles. The van der Waals surface area contributed by atoms with Crippen LogP contribution in [0.2, 0.25) is 12.1 Å². The van der Waals surface area contributed by atoms with E-state index in [-0.39, 0.29) is 33.2 Å². The van der Waals surface area contributed by atoms with E-state index in [0.717, 1.165) is 77.9 Å². The van der Waals surface area contributed by atoms with Crippen LogP contribution in [-0.4, -0.2) is 39.9 Å². The number of rotatable bonds is 12. The fourth-order valence-corrected chi connectivity index (χ4v) is 14.8. The van der Waals surface area contributed by atoms with Crippen molar-refractivity contribution in [1.82, 2.24) is 9.13 Å². The van der Waals surface area contributed by atoms with Crippen molar-refractivity contribution in [1.29, 1.82) is 0 Å². The Labute approximate surface area is 453 Å². The molecule has 4 aromatic heterocycles. The van der Waals surface area contributed by atoms with Crippen LogP contribution in [0.5, 0.6) is 23.0 Å². The molecule has 0 aliphatic heterocycles. The molecule has 0 aliphatic rings. The van der Waals surface area contributed by atoms with E-state index in [4.69, 9.17) is 9.47 Å². The molecule has 0 radical (unpaired) electrons. The predicted octanol–water partition coefficient (Wildman–Crippen LogP) is 19.0. The first-order valence-electron chi connectivity index (χ1n) is 26.7. The molecule has 0 amide bonds. The molecule has 10 aromatic rings. The van der Waals surface area contributed by atoms with Crippen molar-refractivity contribution in [3.63, 3.8) is 0 Å². The molecule has 0 atom stereocenters. The summed E-state index contributed by atoms with van der Waals surface area (Å²) >= 11 is 3.09. The maximum atomic E-state index is 12.4. The Morgan fingerprint density at radius 1 is 0.427 bits per heavy atom. The highest BCUT2D eigenvalue weighted by molar-refractivity contribution is 7.14. The summed E-state index contributed by atoms with van der Waals surface area (Å²) in [6.07, 6.45) is 1.10. The van der Waals surface area contributed by atoms with E-state index in [1.165, 1.54) is 43.8 Å². The lowest BCUT2D eigenvalue weighted by Gasteiger charge is -2.29. The lowest BCUT2D eigenvalue weighted by atomic mass is 9.85. The van der Waals surface area contributed by atoms with Gasteiger partial charge in [0.15, 0.2) is 11.5 Å². The number of hydrogen-bond acceptors (Lipinski definition) is 6. The maximum absolute atomic E-state index is 12.4. The summed E-state index contributed by atoms with van der Waals surface area (Å²) in [4.78, 5) is 1.55. The molecule has 0 unspecified atom stereocenters. The minimum Gasteiger partial charge on any atom is -0.504 e. The summed E-state index contributed by atoms with van der Waals surface area (Å²) in [7, 11) is -2.23. The summed E-state index contributed by atoms with van der Waals surface area (Å²) in [5, 5.41) is 33.6. The topological polar surface area (TPSA) is 68.8 Å². The molecular formula is C66H74N2O4S2Si. The quantitative estimate of drug-likeness (QED) is 0.120. The average Bonchev–Trinajstić information content (AvgIpc) is 4.14. The van der Waals surface area contributed by atoms with E-state index in [1.807, 2.05) is 36.4 Å². The van der Waals surface area contributed by atoms with Crippen molar-refractivity contribution < 1.29 is 19.7 Å². The van der Waals surface area contributed by atoms with Crippen molar-refractivity contribution in [3.8, 4) is 55.3 Å². The van der Waals surface area contributed by atoms with E-state index in [2.05, 4.69) is 202 Å². The van der Waals surface area contributed by atoms with Crippen molar-refractivity contribution in [3.05, 3.63) is 154 Å². The van der Waals surface area contributed by atoms with Gasteiger partial charge in [-0.15, -0.1) is 22.7 Å². The van der Waals surface area contributed by atoms with Crippen molar-refractivity contribution in [2.75, 3.05) is 12.5 Å². The standard InChI is InChI=1S/C66H74N2O4S2Si/c1-15-75(16-2,39-71-57-23-19-17-21-45(57)61-59(69)55(37-73-61)67-51-29-25-41(63(3,4)5)33-47(51)48-34-42(64(6,7)8)26-30-52(48)67)40-72-58-24-20-18-22-46(58)62-60(70)56(38-74-62)68-53-31-27-43(65(9,10)11)35-49(53)50-36-44(66(12,13)14)28-32-54(50)68/h17-38,69-70H,15-16,39-40H2,1-14H3. The van der Waals surface area contributed by atoms with Gasteiger partial charge in [-0.2, -0.15) is 0 Å². The molecule has 75 heavy (non-hydrogen) atoms. The first kappa shape index (κ1) is 52.2. The van der Waals surface area contributed by atoms with Gasteiger partial charge in [0.25, 0.3) is 0 Å². The zero-order chi connectivity index (χ0) is 53.6. The highest BCUT2D eigenvalue weighted by Gasteiger charge is 2.34. The van der Waals surface area contributed by atoms with Gasteiger partial charge >= 0.3 is 0 Å². The number of hydrogen-bond donors (Lipinski definition) is 2. The van der Waals surface area contributed by atoms with Gasteiger partial charge < -0.3 is 28.8 Å². The Morgan fingerprint density at radius 3 is 1.00 bits per heavy atom. The van der Waals surface area contributed by atoms with Gasteiger partial charge in [-0.1, -0.05) is 158 Å². The first-order chi connectivity index (χ1) is 35.4. The molecule has 0 spiro atoms. The second kappa shape index (κ2) is 19.1. The van der Waals surface area contributed by atoms with Crippen molar-refractivity contribution in [2.24, 2.45) is 0 Å². The molecule has 2 N–H and O–H groups in total. The second-order valence-corrected chi connectivity index (χ2v) is 31.7. The molecule has 0 fully saturated rings. The molecule has 0 bridgehead atoms. The Morgan fingerprint density at radius 2 is 0.720 bits per heavy atom.